The first-order chi connectivity index (χ1) is 31.0. The van der Waals surface area contributed by atoms with Crippen LogP contribution >= 0.6 is 136 Å². The van der Waals surface area contributed by atoms with Gasteiger partial charge in [-0.25, -0.2) is 0 Å². The van der Waals surface area contributed by atoms with Crippen molar-refractivity contribution >= 4 is 182 Å². The van der Waals surface area contributed by atoms with Gasteiger partial charge >= 0.3 is 0 Å². The van der Waals surface area contributed by atoms with E-state index in [0.29, 0.717) is 0 Å². The Morgan fingerprint density at radius 3 is 0.806 bits per heavy atom. The highest BCUT2D eigenvalue weighted by molar-refractivity contribution is 14.1. The lowest BCUT2D eigenvalue weighted by molar-refractivity contribution is -0.117. The maximum atomic E-state index is 14.2. The summed E-state index contributed by atoms with van der Waals surface area (Å²) in [4.78, 5) is 91.3. The normalized spacial score (nSPS) is 14.1. The van der Waals surface area contributed by atoms with Gasteiger partial charge in [0.25, 0.3) is 23.6 Å². The summed E-state index contributed by atoms with van der Waals surface area (Å²) in [6, 6.07) is 0. The molecule has 4 unspecified atom stereocenters. The molecule has 0 aromatic heterocycles. The van der Waals surface area contributed by atoms with Crippen molar-refractivity contribution in [1.82, 2.24) is 19.6 Å². The summed E-state index contributed by atoms with van der Waals surface area (Å²) in [5, 5.41) is 91.2. The first-order valence-corrected chi connectivity index (χ1v) is 26.3. The molecule has 9 N–H and O–H groups in total. The summed E-state index contributed by atoms with van der Waals surface area (Å²) in [7, 11) is 5.44. The Morgan fingerprint density at radius 2 is 0.642 bits per heavy atom. The quantitative estimate of drug-likeness (QED) is 0.0711. The van der Waals surface area contributed by atoms with Gasteiger partial charge in [0.15, 0.2) is 0 Å². The Morgan fingerprint density at radius 1 is 0.448 bits per heavy atom. The number of amides is 6. The number of aliphatic hydroxyl groups is 9. The third kappa shape index (κ3) is 15.6. The van der Waals surface area contributed by atoms with E-state index in [4.69, 9.17) is 0 Å². The molecule has 0 bridgehead atoms. The van der Waals surface area contributed by atoms with E-state index in [1.54, 1.807) is 0 Å². The Balaban J connectivity index is 3.03. The minimum Gasteiger partial charge on any atom is -0.394 e. The van der Waals surface area contributed by atoms with Crippen molar-refractivity contribution in [3.8, 4) is 0 Å². The zero-order valence-corrected chi connectivity index (χ0v) is 50.3. The van der Waals surface area contributed by atoms with E-state index in [2.05, 4.69) is 0 Å². The molecule has 2 aromatic rings. The Kier molecular flexibility index (Phi) is 25.5. The van der Waals surface area contributed by atoms with Crippen LogP contribution in [0.2, 0.25) is 0 Å². The number of halogens is 6. The van der Waals surface area contributed by atoms with E-state index in [0.717, 1.165) is 29.4 Å². The fourth-order valence-corrected chi connectivity index (χ4v) is 15.9. The standard InChI is InChI=1S/C40H54I6N6O15/c1-18(57)51(34-30(43)24(36(63)47(4)8-20(59)12-53)28(41)25(31(34)44)37(64)48(5)9-21(60)13-54)16-40(3,67)17-52(19(2)58)35-32(45)26(38(65)49(6)10-22(61)14-55)29(42)27(33(35)46)39(66)50(7)11-23(62)15-56/h20-23,53-56,59-62,67H,8-17H2,1-7H3. The topological polar surface area (TPSA) is 304 Å². The van der Waals surface area contributed by atoms with Gasteiger partial charge in [0, 0.05) is 75.4 Å². The molecule has 0 aliphatic rings. The smallest absolute Gasteiger partial charge is 0.255 e. The number of hydrogen-bond donors (Lipinski definition) is 9. The summed E-state index contributed by atoms with van der Waals surface area (Å²) >= 11 is 10.9. The van der Waals surface area contributed by atoms with E-state index >= 15 is 0 Å². The van der Waals surface area contributed by atoms with Crippen molar-refractivity contribution in [2.24, 2.45) is 0 Å². The second-order valence-corrected chi connectivity index (χ2v) is 22.3. The van der Waals surface area contributed by atoms with Crippen molar-refractivity contribution in [1.29, 1.82) is 0 Å². The van der Waals surface area contributed by atoms with Crippen LogP contribution in [0.25, 0.3) is 0 Å². The molecule has 21 nitrogen and oxygen atoms in total. The summed E-state index contributed by atoms with van der Waals surface area (Å²) in [6.07, 6.45) is -5.29. The van der Waals surface area contributed by atoms with Crippen LogP contribution in [0.4, 0.5) is 11.4 Å². The first-order valence-electron chi connectivity index (χ1n) is 19.8. The Bertz CT molecular complexity index is 1930. The molecular weight excluding hydrogens is 1570 g/mol. The van der Waals surface area contributed by atoms with Gasteiger partial charge in [-0.2, -0.15) is 0 Å². The summed E-state index contributed by atoms with van der Waals surface area (Å²) in [5.74, 6) is -4.22. The minimum atomic E-state index is -2.08. The number of nitrogens with zero attached hydrogens (tertiary/aromatic N) is 6. The molecule has 27 heteroatoms. The van der Waals surface area contributed by atoms with Crippen molar-refractivity contribution in [3.63, 3.8) is 0 Å². The number of benzene rings is 2. The number of carbonyl (C=O) groups is 6. The Hall–Kier alpha value is -0.720. The minimum absolute atomic E-state index is 0.00285. The van der Waals surface area contributed by atoms with Gasteiger partial charge in [0.2, 0.25) is 11.8 Å². The lowest BCUT2D eigenvalue weighted by Gasteiger charge is -2.37. The molecule has 0 heterocycles. The van der Waals surface area contributed by atoms with E-state index < -0.39 is 105 Å². The predicted octanol–water partition coefficient (Wildman–Crippen LogP) is 0.172. The third-order valence-corrected chi connectivity index (χ3v) is 16.3. The third-order valence-electron chi connectivity index (χ3n) is 9.91. The SMILES string of the molecule is CC(=O)N(CC(C)(O)CN(C(C)=O)c1c(I)c(C(=O)N(C)CC(O)CO)c(I)c(C(=O)N(C)CC(O)CO)c1I)c1c(I)c(C(=O)N(C)CC(O)CO)c(I)c(C(=O)N(C)CC(O)CO)c1I. The second kappa shape index (κ2) is 27.4. The molecule has 0 radical (unpaired) electrons. The molecule has 4 atom stereocenters. The summed E-state index contributed by atoms with van der Waals surface area (Å²) in [6.45, 7) is -1.47. The highest BCUT2D eigenvalue weighted by atomic mass is 127. The van der Waals surface area contributed by atoms with E-state index in [9.17, 15) is 74.7 Å². The van der Waals surface area contributed by atoms with Gasteiger partial charge in [-0.05, 0) is 142 Å². The average Bonchev–Trinajstić information content (AvgIpc) is 3.24. The van der Waals surface area contributed by atoms with Crippen LogP contribution in [0.3, 0.4) is 0 Å². The maximum absolute atomic E-state index is 14.2. The van der Waals surface area contributed by atoms with Crippen molar-refractivity contribution in [2.75, 3.05) is 104 Å². The zero-order chi connectivity index (χ0) is 51.7. The van der Waals surface area contributed by atoms with Crippen LogP contribution in [-0.4, -0.2) is 225 Å². The second-order valence-electron chi connectivity index (χ2n) is 15.9. The monoisotopic (exact) mass is 1620 g/mol. The summed E-state index contributed by atoms with van der Waals surface area (Å²) < 4.78 is 0.833. The largest absolute Gasteiger partial charge is 0.394 e. The van der Waals surface area contributed by atoms with E-state index in [-0.39, 0.29) is 81.2 Å². The molecule has 0 saturated heterocycles. The number of carbonyl (C=O) groups excluding carboxylic acids is 6. The number of likely N-dealkylation sites (N-methyl/N-ethyl adjacent to an activating group) is 4. The molecule has 0 aliphatic heterocycles. The molecule has 6 amide bonds. The van der Waals surface area contributed by atoms with E-state index in [1.807, 2.05) is 136 Å². The first kappa shape index (κ1) is 62.4. The molecule has 0 spiro atoms. The molecule has 0 aliphatic carbocycles. The number of anilines is 2. The maximum Gasteiger partial charge on any atom is 0.255 e. The fourth-order valence-electron chi connectivity index (χ4n) is 6.54. The molecule has 2 aromatic carbocycles. The van der Waals surface area contributed by atoms with Gasteiger partial charge in [0.1, 0.15) is 0 Å². The Labute approximate surface area is 469 Å². The molecular formula is C40H54I6N6O15. The molecule has 67 heavy (non-hydrogen) atoms. The van der Waals surface area contributed by atoms with Crippen molar-refractivity contribution in [2.45, 2.75) is 50.8 Å². The molecule has 0 fully saturated rings. The fraction of sp³-hybridized carbons (Fsp3) is 0.550. The number of aliphatic hydroxyl groups excluding tert-OH is 8. The molecule has 2 rings (SSSR count). The van der Waals surface area contributed by atoms with Gasteiger partial charge in [-0.3, -0.25) is 28.8 Å². The summed E-state index contributed by atoms with van der Waals surface area (Å²) in [5.41, 5.74) is -2.39. The number of hydrogen-bond acceptors (Lipinski definition) is 15. The van der Waals surface area contributed by atoms with Crippen molar-refractivity contribution < 1.29 is 74.7 Å². The predicted molar refractivity (Wildman–Crippen MR) is 296 cm³/mol. The van der Waals surface area contributed by atoms with Gasteiger partial charge in [-0.15, -0.1) is 0 Å². The number of rotatable bonds is 22. The van der Waals surface area contributed by atoms with Crippen LogP contribution in [0.15, 0.2) is 0 Å². The van der Waals surface area contributed by atoms with Crippen LogP contribution < -0.4 is 9.80 Å². The zero-order valence-electron chi connectivity index (χ0n) is 37.3. The molecule has 0 saturated carbocycles. The van der Waals surface area contributed by atoms with Crippen LogP contribution in [-0.2, 0) is 9.59 Å². The average molecular weight is 1620 g/mol. The molecule has 376 valence electrons. The van der Waals surface area contributed by atoms with Crippen molar-refractivity contribution in [3.05, 3.63) is 43.7 Å². The van der Waals surface area contributed by atoms with Crippen LogP contribution in [0.5, 0.6) is 0 Å². The van der Waals surface area contributed by atoms with Gasteiger partial charge in [-0.1, -0.05) is 0 Å². The highest BCUT2D eigenvalue weighted by Gasteiger charge is 2.40. The lowest BCUT2D eigenvalue weighted by atomic mass is 10.0. The van der Waals surface area contributed by atoms with Crippen LogP contribution in [0.1, 0.15) is 62.2 Å². The van der Waals surface area contributed by atoms with Gasteiger partial charge < -0.3 is 75.4 Å². The highest BCUT2D eigenvalue weighted by Crippen LogP contribution is 2.42. The van der Waals surface area contributed by atoms with Gasteiger partial charge in [0.05, 0.1) is 117 Å². The lowest BCUT2D eigenvalue weighted by Crippen LogP contribution is -2.52. The van der Waals surface area contributed by atoms with Crippen LogP contribution in [0, 0.1) is 21.4 Å². The van der Waals surface area contributed by atoms with E-state index in [1.165, 1.54) is 49.0 Å².